The van der Waals surface area contributed by atoms with Crippen molar-refractivity contribution in [3.8, 4) is 11.3 Å². The van der Waals surface area contributed by atoms with E-state index in [1.807, 2.05) is 24.3 Å². The number of rotatable bonds is 3. The van der Waals surface area contributed by atoms with Gasteiger partial charge in [0.25, 0.3) is 0 Å². The lowest BCUT2D eigenvalue weighted by Crippen LogP contribution is -2.01. The first kappa shape index (κ1) is 11.2. The van der Waals surface area contributed by atoms with Crippen LogP contribution in [0, 0.1) is 0 Å². The summed E-state index contributed by atoms with van der Waals surface area (Å²) in [5.41, 5.74) is 1.74. The van der Waals surface area contributed by atoms with Crippen molar-refractivity contribution in [2.24, 2.45) is 0 Å². The molecule has 82 valence electrons. The lowest BCUT2D eigenvalue weighted by molar-refractivity contribution is 0.296. The van der Waals surface area contributed by atoms with Crippen LogP contribution in [-0.4, -0.2) is 26.9 Å². The molecule has 0 saturated heterocycles. The van der Waals surface area contributed by atoms with Crippen molar-refractivity contribution >= 4 is 15.9 Å². The van der Waals surface area contributed by atoms with Crippen LogP contribution in [0.2, 0.25) is 0 Å². The Morgan fingerprint density at radius 3 is 2.94 bits per heavy atom. The average molecular weight is 280 g/mol. The van der Waals surface area contributed by atoms with Crippen LogP contribution in [0.25, 0.3) is 11.3 Å². The van der Waals surface area contributed by atoms with Crippen molar-refractivity contribution in [3.63, 3.8) is 0 Å². The molecule has 1 N–H and O–H groups in total. The maximum absolute atomic E-state index is 8.81. The topological polar surface area (TPSA) is 58.9 Å². The molecule has 0 radical (unpaired) electrons. The summed E-state index contributed by atoms with van der Waals surface area (Å²) >= 11 is 3.40. The van der Waals surface area contributed by atoms with Crippen molar-refractivity contribution in [1.29, 1.82) is 0 Å². The molecular weight excluding hydrogens is 270 g/mol. The van der Waals surface area contributed by atoms with Crippen LogP contribution < -0.4 is 0 Å². The minimum Gasteiger partial charge on any atom is -0.396 e. The van der Waals surface area contributed by atoms with Gasteiger partial charge in [-0.25, -0.2) is 4.98 Å². The van der Waals surface area contributed by atoms with Gasteiger partial charge in [-0.15, -0.1) is 5.10 Å². The van der Waals surface area contributed by atoms with E-state index >= 15 is 0 Å². The highest BCUT2D eigenvalue weighted by Gasteiger charge is 2.03. The van der Waals surface area contributed by atoms with Crippen molar-refractivity contribution in [2.45, 2.75) is 6.42 Å². The molecule has 0 amide bonds. The van der Waals surface area contributed by atoms with Gasteiger partial charge in [0.2, 0.25) is 0 Å². The lowest BCUT2D eigenvalue weighted by Gasteiger charge is -2.02. The van der Waals surface area contributed by atoms with Gasteiger partial charge in [-0.3, -0.25) is 0 Å². The normalized spacial score (nSPS) is 10.4. The molecule has 2 aromatic rings. The summed E-state index contributed by atoms with van der Waals surface area (Å²) < 4.78 is 0.993. The summed E-state index contributed by atoms with van der Waals surface area (Å²) in [7, 11) is 0. The molecule has 0 spiro atoms. The minimum atomic E-state index is 0.0314. The molecule has 1 heterocycles. The fourth-order valence-corrected chi connectivity index (χ4v) is 1.73. The van der Waals surface area contributed by atoms with E-state index in [9.17, 15) is 0 Å². The van der Waals surface area contributed by atoms with E-state index in [2.05, 4.69) is 31.1 Å². The molecule has 5 heteroatoms. The Morgan fingerprint density at radius 2 is 2.19 bits per heavy atom. The molecule has 4 nitrogen and oxygen atoms in total. The monoisotopic (exact) mass is 279 g/mol. The Labute approximate surface area is 102 Å². The smallest absolute Gasteiger partial charge is 0.153 e. The van der Waals surface area contributed by atoms with E-state index in [0.717, 1.165) is 15.7 Å². The SMILES string of the molecule is OCCc1nncc(-c2cccc(Br)c2)n1. The standard InChI is InChI=1S/C11H10BrN3O/c12-9-3-1-2-8(6-9)10-7-13-15-11(14-10)4-5-16/h1-3,6-7,16H,4-5H2. The molecule has 1 aromatic heterocycles. The van der Waals surface area contributed by atoms with Crippen LogP contribution >= 0.6 is 15.9 Å². The van der Waals surface area contributed by atoms with E-state index in [1.54, 1.807) is 6.20 Å². The quantitative estimate of drug-likeness (QED) is 0.932. The predicted molar refractivity (Wildman–Crippen MR) is 63.8 cm³/mol. The third kappa shape index (κ3) is 2.62. The van der Waals surface area contributed by atoms with E-state index in [4.69, 9.17) is 5.11 Å². The molecule has 16 heavy (non-hydrogen) atoms. The summed E-state index contributed by atoms with van der Waals surface area (Å²) in [6.07, 6.45) is 2.04. The number of benzene rings is 1. The number of aliphatic hydroxyl groups is 1. The van der Waals surface area contributed by atoms with Gasteiger partial charge in [-0.2, -0.15) is 5.10 Å². The van der Waals surface area contributed by atoms with E-state index < -0.39 is 0 Å². The Balaban J connectivity index is 2.36. The Kier molecular flexibility index (Phi) is 3.58. The zero-order chi connectivity index (χ0) is 11.4. The first-order chi connectivity index (χ1) is 7.79. The third-order valence-corrected chi connectivity index (χ3v) is 2.55. The fourth-order valence-electron chi connectivity index (χ4n) is 1.33. The number of nitrogens with zero attached hydrogens (tertiary/aromatic N) is 3. The number of halogens is 1. The molecule has 0 atom stereocenters. The van der Waals surface area contributed by atoms with Gasteiger partial charge in [0.05, 0.1) is 18.5 Å². The van der Waals surface area contributed by atoms with Crippen LogP contribution in [0.15, 0.2) is 34.9 Å². The van der Waals surface area contributed by atoms with Crippen molar-refractivity contribution in [2.75, 3.05) is 6.61 Å². The van der Waals surface area contributed by atoms with E-state index in [0.29, 0.717) is 12.2 Å². The molecule has 0 fully saturated rings. The van der Waals surface area contributed by atoms with Crippen molar-refractivity contribution in [3.05, 3.63) is 40.8 Å². The first-order valence-corrected chi connectivity index (χ1v) is 5.64. The highest BCUT2D eigenvalue weighted by molar-refractivity contribution is 9.10. The van der Waals surface area contributed by atoms with Gasteiger partial charge in [0.1, 0.15) is 0 Å². The fraction of sp³-hybridized carbons (Fsp3) is 0.182. The minimum absolute atomic E-state index is 0.0314. The van der Waals surface area contributed by atoms with Gasteiger partial charge in [-0.1, -0.05) is 28.1 Å². The number of hydrogen-bond donors (Lipinski definition) is 1. The van der Waals surface area contributed by atoms with E-state index in [-0.39, 0.29) is 6.61 Å². The molecule has 0 saturated carbocycles. The summed E-state index contributed by atoms with van der Waals surface area (Å²) in [6, 6.07) is 7.81. The Morgan fingerprint density at radius 1 is 1.31 bits per heavy atom. The molecular formula is C11H10BrN3O. The second-order valence-electron chi connectivity index (χ2n) is 3.24. The zero-order valence-electron chi connectivity index (χ0n) is 8.47. The van der Waals surface area contributed by atoms with Gasteiger partial charge in [0.15, 0.2) is 5.82 Å². The van der Waals surface area contributed by atoms with Gasteiger partial charge in [-0.05, 0) is 12.1 Å². The highest BCUT2D eigenvalue weighted by Crippen LogP contribution is 2.20. The summed E-state index contributed by atoms with van der Waals surface area (Å²) in [4.78, 5) is 4.32. The number of aliphatic hydroxyl groups excluding tert-OH is 1. The Hall–Kier alpha value is -1.33. The highest BCUT2D eigenvalue weighted by atomic mass is 79.9. The van der Waals surface area contributed by atoms with Gasteiger partial charge in [0, 0.05) is 16.5 Å². The number of aromatic nitrogens is 3. The molecule has 2 rings (SSSR count). The second kappa shape index (κ2) is 5.14. The average Bonchev–Trinajstić information content (AvgIpc) is 2.30. The van der Waals surface area contributed by atoms with Crippen molar-refractivity contribution < 1.29 is 5.11 Å². The van der Waals surface area contributed by atoms with Crippen LogP contribution in [0.3, 0.4) is 0 Å². The molecule has 0 bridgehead atoms. The van der Waals surface area contributed by atoms with Crippen LogP contribution in [0.5, 0.6) is 0 Å². The molecule has 0 aliphatic heterocycles. The van der Waals surface area contributed by atoms with Crippen molar-refractivity contribution in [1.82, 2.24) is 15.2 Å². The summed E-state index contributed by atoms with van der Waals surface area (Å²) in [5, 5.41) is 16.5. The van der Waals surface area contributed by atoms with Crippen LogP contribution in [0.1, 0.15) is 5.82 Å². The van der Waals surface area contributed by atoms with Gasteiger partial charge >= 0.3 is 0 Å². The lowest BCUT2D eigenvalue weighted by atomic mass is 10.2. The summed E-state index contributed by atoms with van der Waals surface area (Å²) in [5.74, 6) is 0.556. The zero-order valence-corrected chi connectivity index (χ0v) is 10.1. The second-order valence-corrected chi connectivity index (χ2v) is 4.16. The molecule has 1 aromatic carbocycles. The van der Waals surface area contributed by atoms with Gasteiger partial charge < -0.3 is 5.11 Å². The van der Waals surface area contributed by atoms with E-state index in [1.165, 1.54) is 0 Å². The summed E-state index contributed by atoms with van der Waals surface area (Å²) in [6.45, 7) is 0.0314. The first-order valence-electron chi connectivity index (χ1n) is 4.85. The van der Waals surface area contributed by atoms with Crippen LogP contribution in [-0.2, 0) is 6.42 Å². The Bertz CT molecular complexity index is 490. The molecule has 0 unspecified atom stereocenters. The maximum Gasteiger partial charge on any atom is 0.153 e. The predicted octanol–water partition coefficient (Wildman–Crippen LogP) is 1.84. The third-order valence-electron chi connectivity index (χ3n) is 2.06. The maximum atomic E-state index is 8.81. The largest absolute Gasteiger partial charge is 0.396 e. The number of hydrogen-bond acceptors (Lipinski definition) is 4. The molecule has 0 aliphatic rings. The van der Waals surface area contributed by atoms with Crippen LogP contribution in [0.4, 0.5) is 0 Å². The molecule has 0 aliphatic carbocycles.